The van der Waals surface area contributed by atoms with E-state index in [1.165, 1.54) is 17.0 Å². The van der Waals surface area contributed by atoms with Crippen LogP contribution in [0, 0.1) is 20.8 Å². The first-order chi connectivity index (χ1) is 18.5. The third kappa shape index (κ3) is 9.09. The number of nitrogens with zero attached hydrogens (tertiary/aromatic N) is 2. The molecular weight excluding hydrogens is 510 g/mol. The highest BCUT2D eigenvalue weighted by Gasteiger charge is 2.30. The van der Waals surface area contributed by atoms with Crippen LogP contribution in [0.1, 0.15) is 80.5 Å². The number of carbonyl (C=O) groups excluding carboxylic acids is 2. The molecule has 8 heteroatoms. The zero-order valence-corrected chi connectivity index (χ0v) is 25.0. The Morgan fingerprint density at radius 3 is 2.23 bits per heavy atom. The van der Waals surface area contributed by atoms with Gasteiger partial charge in [0.05, 0.1) is 11.9 Å². The third-order valence-electron chi connectivity index (χ3n) is 7.42. The van der Waals surface area contributed by atoms with Crippen molar-refractivity contribution < 1.29 is 18.0 Å². The lowest BCUT2D eigenvalue weighted by atomic mass is 9.95. The van der Waals surface area contributed by atoms with E-state index < -0.39 is 16.1 Å². The van der Waals surface area contributed by atoms with Crippen molar-refractivity contribution in [2.75, 3.05) is 17.1 Å². The average Bonchev–Trinajstić information content (AvgIpc) is 2.85. The van der Waals surface area contributed by atoms with Gasteiger partial charge in [0.1, 0.15) is 6.04 Å². The van der Waals surface area contributed by atoms with E-state index in [0.717, 1.165) is 47.9 Å². The van der Waals surface area contributed by atoms with Crippen LogP contribution in [0.3, 0.4) is 0 Å². The fourth-order valence-corrected chi connectivity index (χ4v) is 6.52. The summed E-state index contributed by atoms with van der Waals surface area (Å²) in [5.41, 5.74) is 4.64. The quantitative estimate of drug-likeness (QED) is 0.379. The SMILES string of the molecule is CC[C@H](C(=O)NC1CCCCC1)N(Cc1cccc(C)c1)C(=O)CCCN(c1cc(C)cc(C)c1)S(C)(=O)=O. The van der Waals surface area contributed by atoms with Crippen molar-refractivity contribution in [1.82, 2.24) is 10.2 Å². The van der Waals surface area contributed by atoms with Gasteiger partial charge in [-0.1, -0.05) is 62.1 Å². The number of anilines is 1. The summed E-state index contributed by atoms with van der Waals surface area (Å²) in [6.07, 6.45) is 7.60. The van der Waals surface area contributed by atoms with Crippen LogP contribution in [-0.4, -0.2) is 50.0 Å². The Bertz CT molecular complexity index is 1220. The second-order valence-electron chi connectivity index (χ2n) is 11.1. The summed E-state index contributed by atoms with van der Waals surface area (Å²) in [5, 5.41) is 3.21. The number of benzene rings is 2. The van der Waals surface area contributed by atoms with Gasteiger partial charge >= 0.3 is 0 Å². The monoisotopic (exact) mass is 555 g/mol. The van der Waals surface area contributed by atoms with Crippen LogP contribution in [0.5, 0.6) is 0 Å². The minimum Gasteiger partial charge on any atom is -0.352 e. The molecular formula is C31H45N3O4S. The van der Waals surface area contributed by atoms with Crippen molar-refractivity contribution in [1.29, 1.82) is 0 Å². The third-order valence-corrected chi connectivity index (χ3v) is 8.61. The molecule has 0 bridgehead atoms. The first-order valence-electron chi connectivity index (χ1n) is 14.2. The molecule has 2 aromatic rings. The highest BCUT2D eigenvalue weighted by molar-refractivity contribution is 7.92. The van der Waals surface area contributed by atoms with E-state index in [9.17, 15) is 18.0 Å². The molecule has 0 saturated heterocycles. The van der Waals surface area contributed by atoms with E-state index in [-0.39, 0.29) is 30.8 Å². The van der Waals surface area contributed by atoms with Crippen LogP contribution in [-0.2, 0) is 26.2 Å². The van der Waals surface area contributed by atoms with Gasteiger partial charge in [-0.25, -0.2) is 8.42 Å². The Balaban J connectivity index is 1.77. The summed E-state index contributed by atoms with van der Waals surface area (Å²) < 4.78 is 26.7. The minimum absolute atomic E-state index is 0.0987. The number of aryl methyl sites for hydroxylation is 3. The van der Waals surface area contributed by atoms with Gasteiger partial charge in [0.2, 0.25) is 21.8 Å². The normalized spacial score (nSPS) is 15.0. The number of sulfonamides is 1. The van der Waals surface area contributed by atoms with Crippen molar-refractivity contribution in [3.05, 3.63) is 64.7 Å². The van der Waals surface area contributed by atoms with Crippen LogP contribution in [0.15, 0.2) is 42.5 Å². The number of nitrogens with one attached hydrogen (secondary N) is 1. The Hall–Kier alpha value is -2.87. The second-order valence-corrected chi connectivity index (χ2v) is 13.0. The van der Waals surface area contributed by atoms with E-state index in [4.69, 9.17) is 0 Å². The molecule has 2 aromatic carbocycles. The number of hydrogen-bond acceptors (Lipinski definition) is 4. The van der Waals surface area contributed by atoms with E-state index in [1.807, 2.05) is 70.2 Å². The van der Waals surface area contributed by atoms with Crippen molar-refractivity contribution >= 4 is 27.5 Å². The molecule has 1 aliphatic carbocycles. The number of carbonyl (C=O) groups is 2. The Morgan fingerprint density at radius 2 is 1.64 bits per heavy atom. The first-order valence-corrected chi connectivity index (χ1v) is 16.0. The summed E-state index contributed by atoms with van der Waals surface area (Å²) in [6.45, 7) is 8.35. The topological polar surface area (TPSA) is 86.8 Å². The molecule has 39 heavy (non-hydrogen) atoms. The molecule has 1 N–H and O–H groups in total. The maximum Gasteiger partial charge on any atom is 0.243 e. The molecule has 214 valence electrons. The van der Waals surface area contributed by atoms with Crippen molar-refractivity contribution in [2.45, 2.75) is 97.7 Å². The van der Waals surface area contributed by atoms with Crippen molar-refractivity contribution in [3.63, 3.8) is 0 Å². The van der Waals surface area contributed by atoms with Gasteiger partial charge < -0.3 is 10.2 Å². The van der Waals surface area contributed by atoms with Crippen LogP contribution in [0.4, 0.5) is 5.69 Å². The molecule has 1 aliphatic rings. The summed E-state index contributed by atoms with van der Waals surface area (Å²) >= 11 is 0. The molecule has 1 atom stereocenters. The Labute approximate surface area is 235 Å². The standard InChI is InChI=1S/C31H45N3O4S/c1-6-29(31(36)32-27-14-8-7-9-15-27)33(22-26-13-10-12-23(2)19-26)30(35)16-11-17-34(39(5,37)38)28-20-24(3)18-25(4)21-28/h10,12-13,18-21,27,29H,6-9,11,14-17,22H2,1-5H3,(H,32,36)/t29-/m1/s1. The molecule has 1 saturated carbocycles. The van der Waals surface area contributed by atoms with E-state index in [0.29, 0.717) is 25.1 Å². The second kappa shape index (κ2) is 14.0. The smallest absolute Gasteiger partial charge is 0.243 e. The van der Waals surface area contributed by atoms with Gasteiger partial charge in [0.25, 0.3) is 0 Å². The summed E-state index contributed by atoms with van der Waals surface area (Å²) in [6, 6.07) is 13.3. The van der Waals surface area contributed by atoms with Crippen LogP contribution < -0.4 is 9.62 Å². The Kier molecular flexibility index (Phi) is 11.0. The highest BCUT2D eigenvalue weighted by Crippen LogP contribution is 2.23. The fourth-order valence-electron chi connectivity index (χ4n) is 5.57. The molecule has 0 spiro atoms. The van der Waals surface area contributed by atoms with Crippen LogP contribution >= 0.6 is 0 Å². The van der Waals surface area contributed by atoms with Gasteiger partial charge in [0.15, 0.2) is 0 Å². The van der Waals surface area contributed by atoms with Crippen LogP contribution in [0.2, 0.25) is 0 Å². The molecule has 7 nitrogen and oxygen atoms in total. The van der Waals surface area contributed by atoms with Gasteiger partial charge in [-0.15, -0.1) is 0 Å². The predicted molar refractivity (Wildman–Crippen MR) is 158 cm³/mol. The van der Waals surface area contributed by atoms with Crippen molar-refractivity contribution in [2.24, 2.45) is 0 Å². The molecule has 0 radical (unpaired) electrons. The van der Waals surface area contributed by atoms with E-state index in [2.05, 4.69) is 5.32 Å². The number of rotatable bonds is 12. The minimum atomic E-state index is -3.53. The zero-order chi connectivity index (χ0) is 28.6. The number of amides is 2. The molecule has 0 unspecified atom stereocenters. The fraction of sp³-hybridized carbons (Fsp3) is 0.548. The summed E-state index contributed by atoms with van der Waals surface area (Å²) in [4.78, 5) is 28.8. The molecule has 3 rings (SSSR count). The maximum absolute atomic E-state index is 13.7. The average molecular weight is 556 g/mol. The summed E-state index contributed by atoms with van der Waals surface area (Å²) in [5.74, 6) is -0.241. The van der Waals surface area contributed by atoms with Gasteiger partial charge in [-0.05, 0) is 75.3 Å². The first kappa shape index (κ1) is 30.7. The van der Waals surface area contributed by atoms with Crippen molar-refractivity contribution in [3.8, 4) is 0 Å². The lowest BCUT2D eigenvalue weighted by Crippen LogP contribution is -2.51. The zero-order valence-electron chi connectivity index (χ0n) is 24.2. The molecule has 0 aromatic heterocycles. The molecule has 0 heterocycles. The lowest BCUT2D eigenvalue weighted by molar-refractivity contribution is -0.141. The Morgan fingerprint density at radius 1 is 0.974 bits per heavy atom. The highest BCUT2D eigenvalue weighted by atomic mass is 32.2. The van der Waals surface area contributed by atoms with Gasteiger partial charge in [-0.3, -0.25) is 13.9 Å². The van der Waals surface area contributed by atoms with Gasteiger partial charge in [0, 0.05) is 25.6 Å². The summed E-state index contributed by atoms with van der Waals surface area (Å²) in [7, 11) is -3.53. The van der Waals surface area contributed by atoms with Crippen LogP contribution in [0.25, 0.3) is 0 Å². The van der Waals surface area contributed by atoms with Gasteiger partial charge in [-0.2, -0.15) is 0 Å². The maximum atomic E-state index is 13.7. The molecule has 0 aliphatic heterocycles. The largest absolute Gasteiger partial charge is 0.352 e. The lowest BCUT2D eigenvalue weighted by Gasteiger charge is -2.33. The predicted octanol–water partition coefficient (Wildman–Crippen LogP) is 5.41. The number of hydrogen-bond donors (Lipinski definition) is 1. The van der Waals surface area contributed by atoms with E-state index in [1.54, 1.807) is 4.90 Å². The van der Waals surface area contributed by atoms with E-state index >= 15 is 0 Å². The molecule has 1 fully saturated rings. The molecule has 2 amide bonds.